The average Bonchev–Trinajstić information content (AvgIpc) is 3.28. The van der Waals surface area contributed by atoms with E-state index >= 15 is 0 Å². The van der Waals surface area contributed by atoms with Crippen LogP contribution in [0.15, 0.2) is 97.3 Å². The summed E-state index contributed by atoms with van der Waals surface area (Å²) in [6, 6.07) is 30.6. The van der Waals surface area contributed by atoms with Crippen molar-refractivity contribution in [2.24, 2.45) is 0 Å². The Morgan fingerprint density at radius 2 is 1.19 bits per heavy atom. The van der Waals surface area contributed by atoms with Crippen molar-refractivity contribution in [2.75, 3.05) is 13.1 Å². The summed E-state index contributed by atoms with van der Waals surface area (Å²) in [6.45, 7) is 4.65. The molecule has 1 aliphatic heterocycles. The zero-order chi connectivity index (χ0) is 21.0. The second kappa shape index (κ2) is 9.33. The van der Waals surface area contributed by atoms with Gasteiger partial charge in [0.1, 0.15) is 0 Å². The van der Waals surface area contributed by atoms with Crippen molar-refractivity contribution in [2.45, 2.75) is 36.4 Å². The van der Waals surface area contributed by atoms with Gasteiger partial charge in [0.25, 0.3) is 0 Å². The van der Waals surface area contributed by atoms with Gasteiger partial charge in [0.05, 0.1) is 11.4 Å². The van der Waals surface area contributed by atoms with E-state index < -0.39 is 0 Å². The molecule has 2 nitrogen and oxygen atoms in total. The van der Waals surface area contributed by atoms with E-state index in [1.54, 1.807) is 0 Å². The standard InChI is InChI=1S/C28H30N2S/c1-22(30-20-25-14-8-9-15-26(25)21-30)29-18-16-27(17-19-29)31-28(23-10-4-2-5-11-23)24-12-6-3-7-13-24/h2-15,20-22,27-28H,16-19H2,1H3. The number of piperidine rings is 1. The first-order valence-electron chi connectivity index (χ1n) is 11.3. The molecule has 1 unspecified atom stereocenters. The van der Waals surface area contributed by atoms with Gasteiger partial charge in [-0.15, -0.1) is 11.8 Å². The number of nitrogens with zero attached hydrogens (tertiary/aromatic N) is 2. The maximum atomic E-state index is 2.63. The molecule has 3 aromatic carbocycles. The van der Waals surface area contributed by atoms with E-state index in [1.165, 1.54) is 34.7 Å². The third-order valence-electron chi connectivity index (χ3n) is 6.54. The van der Waals surface area contributed by atoms with Crippen LogP contribution in [-0.2, 0) is 0 Å². The number of fused-ring (bicyclic) bond motifs is 1. The van der Waals surface area contributed by atoms with Crippen LogP contribution in [0.3, 0.4) is 0 Å². The zero-order valence-corrected chi connectivity index (χ0v) is 18.9. The van der Waals surface area contributed by atoms with Crippen LogP contribution in [0, 0.1) is 0 Å². The van der Waals surface area contributed by atoms with Crippen LogP contribution in [0.1, 0.15) is 42.3 Å². The van der Waals surface area contributed by atoms with Crippen molar-refractivity contribution in [1.82, 2.24) is 9.47 Å². The van der Waals surface area contributed by atoms with E-state index in [4.69, 9.17) is 0 Å². The highest BCUT2D eigenvalue weighted by atomic mass is 32.2. The van der Waals surface area contributed by atoms with E-state index in [0.717, 1.165) is 13.1 Å². The van der Waals surface area contributed by atoms with Crippen LogP contribution in [0.5, 0.6) is 0 Å². The Labute approximate surface area is 189 Å². The van der Waals surface area contributed by atoms with Gasteiger partial charge in [0.2, 0.25) is 0 Å². The highest BCUT2D eigenvalue weighted by molar-refractivity contribution is 8.00. The third-order valence-corrected chi connectivity index (χ3v) is 8.21. The summed E-state index contributed by atoms with van der Waals surface area (Å²) in [5.74, 6) is 0. The fourth-order valence-corrected chi connectivity index (χ4v) is 6.19. The number of hydrogen-bond acceptors (Lipinski definition) is 2. The minimum atomic E-state index is 0.400. The molecule has 1 fully saturated rings. The molecule has 0 aliphatic carbocycles. The van der Waals surface area contributed by atoms with Gasteiger partial charge >= 0.3 is 0 Å². The molecule has 31 heavy (non-hydrogen) atoms. The maximum Gasteiger partial charge on any atom is 0.0830 e. The molecular formula is C28H30N2S. The number of hydrogen-bond donors (Lipinski definition) is 0. The van der Waals surface area contributed by atoms with Gasteiger partial charge in [0.15, 0.2) is 0 Å². The minimum absolute atomic E-state index is 0.400. The van der Waals surface area contributed by atoms with E-state index in [0.29, 0.717) is 16.7 Å². The Kier molecular flexibility index (Phi) is 6.15. The highest BCUT2D eigenvalue weighted by Crippen LogP contribution is 2.41. The summed E-state index contributed by atoms with van der Waals surface area (Å²) < 4.78 is 2.38. The highest BCUT2D eigenvalue weighted by Gasteiger charge is 2.27. The van der Waals surface area contributed by atoms with Crippen LogP contribution in [0.4, 0.5) is 0 Å². The summed E-state index contributed by atoms with van der Waals surface area (Å²) in [5.41, 5.74) is 2.82. The summed E-state index contributed by atoms with van der Waals surface area (Å²) in [5, 5.41) is 3.76. The second-order valence-corrected chi connectivity index (χ2v) is 9.95. The Bertz CT molecular complexity index is 1030. The molecule has 3 heteroatoms. The fourth-order valence-electron chi connectivity index (χ4n) is 4.69. The summed E-state index contributed by atoms with van der Waals surface area (Å²) in [4.78, 5) is 2.63. The molecule has 1 saturated heterocycles. The quantitative estimate of drug-likeness (QED) is 0.323. The molecule has 158 valence electrons. The third kappa shape index (κ3) is 4.58. The lowest BCUT2D eigenvalue weighted by atomic mass is 10.0. The smallest absolute Gasteiger partial charge is 0.0830 e. The SMILES string of the molecule is CC(N1CCC(SC(c2ccccc2)c2ccccc2)CC1)n1cc2ccccc2c1. The Morgan fingerprint density at radius 3 is 1.71 bits per heavy atom. The van der Waals surface area contributed by atoms with Gasteiger partial charge in [0, 0.05) is 30.7 Å². The summed E-state index contributed by atoms with van der Waals surface area (Å²) >= 11 is 2.15. The van der Waals surface area contributed by atoms with Crippen molar-refractivity contribution in [3.05, 3.63) is 108 Å². The van der Waals surface area contributed by atoms with E-state index in [1.807, 2.05) is 0 Å². The lowest BCUT2D eigenvalue weighted by Crippen LogP contribution is -2.38. The molecule has 4 aromatic rings. The van der Waals surface area contributed by atoms with Gasteiger partial charge in [-0.1, -0.05) is 84.9 Å². The van der Waals surface area contributed by atoms with Gasteiger partial charge in [-0.25, -0.2) is 0 Å². The largest absolute Gasteiger partial charge is 0.337 e. The number of benzene rings is 3. The van der Waals surface area contributed by atoms with Gasteiger partial charge in [-0.3, -0.25) is 4.90 Å². The molecule has 0 radical (unpaired) electrons. The second-order valence-electron chi connectivity index (χ2n) is 8.54. The first-order valence-corrected chi connectivity index (χ1v) is 12.3. The fraction of sp³-hybridized carbons (Fsp3) is 0.286. The molecular weight excluding hydrogens is 396 g/mol. The Balaban J connectivity index is 1.26. The first kappa shape index (κ1) is 20.4. The topological polar surface area (TPSA) is 8.17 Å². The number of aromatic nitrogens is 1. The lowest BCUT2D eigenvalue weighted by Gasteiger charge is -2.37. The lowest BCUT2D eigenvalue weighted by molar-refractivity contribution is 0.130. The van der Waals surface area contributed by atoms with Crippen LogP contribution in [-0.4, -0.2) is 27.8 Å². The van der Waals surface area contributed by atoms with Crippen molar-refractivity contribution in [3.8, 4) is 0 Å². The molecule has 0 N–H and O–H groups in total. The van der Waals surface area contributed by atoms with E-state index in [9.17, 15) is 0 Å². The Hall–Kier alpha value is -2.49. The minimum Gasteiger partial charge on any atom is -0.337 e. The van der Waals surface area contributed by atoms with Crippen LogP contribution in [0.2, 0.25) is 0 Å². The van der Waals surface area contributed by atoms with Gasteiger partial charge in [-0.05, 0) is 41.7 Å². The van der Waals surface area contributed by atoms with E-state index in [-0.39, 0.29) is 0 Å². The molecule has 0 amide bonds. The van der Waals surface area contributed by atoms with E-state index in [2.05, 4.69) is 125 Å². The molecule has 0 bridgehead atoms. The van der Waals surface area contributed by atoms with Crippen molar-refractivity contribution in [1.29, 1.82) is 0 Å². The molecule has 1 aliphatic rings. The van der Waals surface area contributed by atoms with Crippen molar-refractivity contribution >= 4 is 22.5 Å². The van der Waals surface area contributed by atoms with Gasteiger partial charge in [-0.2, -0.15) is 0 Å². The normalized spacial score (nSPS) is 16.7. The van der Waals surface area contributed by atoms with Crippen molar-refractivity contribution in [3.63, 3.8) is 0 Å². The predicted octanol–water partition coefficient (Wildman–Crippen LogP) is 7.15. The monoisotopic (exact) mass is 426 g/mol. The molecule has 0 spiro atoms. The zero-order valence-electron chi connectivity index (χ0n) is 18.1. The maximum absolute atomic E-state index is 2.63. The molecule has 0 saturated carbocycles. The van der Waals surface area contributed by atoms with Crippen LogP contribution >= 0.6 is 11.8 Å². The summed E-state index contributed by atoms with van der Waals surface area (Å²) in [6.07, 6.45) is 7.47. The predicted molar refractivity (Wildman–Crippen MR) is 134 cm³/mol. The Morgan fingerprint density at radius 1 is 0.710 bits per heavy atom. The summed E-state index contributed by atoms with van der Waals surface area (Å²) in [7, 11) is 0. The molecule has 5 rings (SSSR count). The number of thioether (sulfide) groups is 1. The average molecular weight is 427 g/mol. The molecule has 2 heterocycles. The molecule has 1 aromatic heterocycles. The number of rotatable bonds is 6. The molecule has 1 atom stereocenters. The van der Waals surface area contributed by atoms with Gasteiger partial charge < -0.3 is 4.57 Å². The first-order chi connectivity index (χ1) is 15.3. The van der Waals surface area contributed by atoms with Crippen molar-refractivity contribution < 1.29 is 0 Å². The van der Waals surface area contributed by atoms with Crippen LogP contribution in [0.25, 0.3) is 10.8 Å². The number of likely N-dealkylation sites (tertiary alicyclic amines) is 1. The van der Waals surface area contributed by atoms with Crippen LogP contribution < -0.4 is 0 Å².